The van der Waals surface area contributed by atoms with Crippen LogP contribution in [0, 0.1) is 0 Å². The molecule has 0 unspecified atom stereocenters. The van der Waals surface area contributed by atoms with Crippen LogP contribution in [0.1, 0.15) is 16.2 Å². The van der Waals surface area contributed by atoms with E-state index in [9.17, 15) is 9.59 Å². The van der Waals surface area contributed by atoms with Crippen LogP contribution in [-0.2, 0) is 17.8 Å². The van der Waals surface area contributed by atoms with Crippen molar-refractivity contribution in [2.45, 2.75) is 13.0 Å². The number of nitrogen functional groups attached to an aromatic ring is 1. The maximum absolute atomic E-state index is 11.6. The minimum atomic E-state index is -1.08. The molecule has 0 aliphatic carbocycles. The van der Waals surface area contributed by atoms with Gasteiger partial charge in [0.2, 0.25) is 5.91 Å². The Labute approximate surface area is 118 Å². The van der Waals surface area contributed by atoms with E-state index in [0.29, 0.717) is 23.9 Å². The number of nitrogens with one attached hydrogen (secondary N) is 1. The number of aromatic carboxylic acids is 1. The smallest absolute Gasteiger partial charge is 0.356 e. The summed E-state index contributed by atoms with van der Waals surface area (Å²) in [5, 5.41) is 13.6. The first kappa shape index (κ1) is 14.0. The van der Waals surface area contributed by atoms with Gasteiger partial charge in [-0.3, -0.25) is 4.79 Å². The average molecular weight is 295 g/mol. The largest absolute Gasteiger partial charge is 0.476 e. The predicted molar refractivity (Wildman–Crippen MR) is 72.4 cm³/mol. The zero-order chi connectivity index (χ0) is 14.5. The Kier molecular flexibility index (Phi) is 4.31. The van der Waals surface area contributed by atoms with Crippen LogP contribution in [0.3, 0.4) is 0 Å². The first-order chi connectivity index (χ1) is 9.54. The summed E-state index contributed by atoms with van der Waals surface area (Å²) in [7, 11) is 0. The van der Waals surface area contributed by atoms with Gasteiger partial charge in [-0.1, -0.05) is 0 Å². The second-order valence-corrected chi connectivity index (χ2v) is 4.90. The maximum atomic E-state index is 11.6. The number of thiazole rings is 1. The molecule has 0 saturated heterocycles. The number of carboxylic acid groups (broad SMARTS) is 1. The Morgan fingerprint density at radius 1 is 1.50 bits per heavy atom. The molecule has 0 aromatic carbocycles. The number of carbonyl (C=O) groups excluding carboxylic acids is 1. The Bertz CT molecular complexity index is 621. The van der Waals surface area contributed by atoms with E-state index >= 15 is 0 Å². The summed E-state index contributed by atoms with van der Waals surface area (Å²) < 4.78 is 1.60. The van der Waals surface area contributed by atoms with Gasteiger partial charge in [-0.15, -0.1) is 11.3 Å². The van der Waals surface area contributed by atoms with Crippen LogP contribution in [0.4, 0.5) is 5.13 Å². The van der Waals surface area contributed by atoms with Gasteiger partial charge in [0.15, 0.2) is 10.8 Å². The zero-order valence-corrected chi connectivity index (χ0v) is 11.3. The molecule has 9 heteroatoms. The molecule has 2 aromatic rings. The Balaban J connectivity index is 1.74. The van der Waals surface area contributed by atoms with Crippen molar-refractivity contribution in [2.24, 2.45) is 0 Å². The van der Waals surface area contributed by atoms with Gasteiger partial charge in [0, 0.05) is 24.7 Å². The van der Waals surface area contributed by atoms with Crippen LogP contribution in [0.25, 0.3) is 0 Å². The number of hydrogen-bond acceptors (Lipinski definition) is 6. The van der Waals surface area contributed by atoms with Crippen molar-refractivity contribution in [3.8, 4) is 0 Å². The Morgan fingerprint density at radius 2 is 2.30 bits per heavy atom. The van der Waals surface area contributed by atoms with E-state index in [-0.39, 0.29) is 18.0 Å². The van der Waals surface area contributed by atoms with Crippen molar-refractivity contribution in [3.63, 3.8) is 0 Å². The molecule has 0 atom stereocenters. The molecule has 1 amide bonds. The van der Waals surface area contributed by atoms with Crippen molar-refractivity contribution in [3.05, 3.63) is 29.3 Å². The first-order valence-corrected chi connectivity index (χ1v) is 6.64. The van der Waals surface area contributed by atoms with Crippen LogP contribution < -0.4 is 11.1 Å². The summed E-state index contributed by atoms with van der Waals surface area (Å²) in [6.07, 6.45) is 3.00. The summed E-state index contributed by atoms with van der Waals surface area (Å²) >= 11 is 1.29. The third-order valence-corrected chi connectivity index (χ3v) is 3.18. The molecule has 0 spiro atoms. The molecule has 0 aliphatic heterocycles. The normalized spacial score (nSPS) is 10.4. The van der Waals surface area contributed by atoms with Crippen molar-refractivity contribution < 1.29 is 14.7 Å². The van der Waals surface area contributed by atoms with Gasteiger partial charge in [-0.25, -0.2) is 14.8 Å². The van der Waals surface area contributed by atoms with E-state index in [1.807, 2.05) is 0 Å². The fourth-order valence-electron chi connectivity index (χ4n) is 1.55. The van der Waals surface area contributed by atoms with Crippen molar-refractivity contribution >= 4 is 28.3 Å². The van der Waals surface area contributed by atoms with Gasteiger partial charge in [0.25, 0.3) is 0 Å². The molecule has 8 nitrogen and oxygen atoms in total. The SMILES string of the molecule is Nc1nc(CC(=O)NCCn2cnc(C(=O)O)c2)cs1. The Hall–Kier alpha value is -2.42. The molecule has 2 rings (SSSR count). The summed E-state index contributed by atoms with van der Waals surface area (Å²) in [6, 6.07) is 0. The molecule has 2 aromatic heterocycles. The molecule has 20 heavy (non-hydrogen) atoms. The zero-order valence-electron chi connectivity index (χ0n) is 10.4. The molecule has 4 N–H and O–H groups in total. The fourth-order valence-corrected chi connectivity index (χ4v) is 2.11. The number of nitrogens with two attached hydrogens (primary N) is 1. The number of carboxylic acids is 1. The van der Waals surface area contributed by atoms with Crippen molar-refractivity contribution in [1.29, 1.82) is 0 Å². The molecule has 0 radical (unpaired) electrons. The Morgan fingerprint density at radius 3 is 2.90 bits per heavy atom. The summed E-state index contributed by atoms with van der Waals surface area (Å²) in [5.74, 6) is -1.23. The van der Waals surface area contributed by atoms with Gasteiger partial charge < -0.3 is 20.7 Å². The van der Waals surface area contributed by atoms with E-state index < -0.39 is 5.97 Å². The lowest BCUT2D eigenvalue weighted by molar-refractivity contribution is -0.120. The van der Waals surface area contributed by atoms with E-state index in [4.69, 9.17) is 10.8 Å². The third-order valence-electron chi connectivity index (χ3n) is 2.46. The number of hydrogen-bond donors (Lipinski definition) is 3. The number of aromatic nitrogens is 3. The lowest BCUT2D eigenvalue weighted by Gasteiger charge is -2.04. The highest BCUT2D eigenvalue weighted by molar-refractivity contribution is 7.13. The molecule has 0 bridgehead atoms. The first-order valence-electron chi connectivity index (χ1n) is 5.76. The quantitative estimate of drug-likeness (QED) is 0.688. The van der Waals surface area contributed by atoms with Gasteiger partial charge in [0.1, 0.15) is 0 Å². The second-order valence-electron chi connectivity index (χ2n) is 4.01. The third kappa shape index (κ3) is 3.79. The van der Waals surface area contributed by atoms with Crippen LogP contribution in [0.2, 0.25) is 0 Å². The predicted octanol–water partition coefficient (Wildman–Crippen LogP) is -0.0211. The van der Waals surface area contributed by atoms with Crippen LogP contribution in [0.5, 0.6) is 0 Å². The molecule has 2 heterocycles. The van der Waals surface area contributed by atoms with Crippen molar-refractivity contribution in [2.75, 3.05) is 12.3 Å². The van der Waals surface area contributed by atoms with E-state index in [0.717, 1.165) is 0 Å². The average Bonchev–Trinajstić information content (AvgIpc) is 2.99. The molecular formula is C11H13N5O3S. The monoisotopic (exact) mass is 295 g/mol. The fraction of sp³-hybridized carbons (Fsp3) is 0.273. The van der Waals surface area contributed by atoms with Gasteiger partial charge in [0.05, 0.1) is 18.4 Å². The standard InChI is InChI=1S/C11H13N5O3S/c12-11-15-7(5-20-11)3-9(17)13-1-2-16-4-8(10(18)19)14-6-16/h4-6H,1-3H2,(H2,12,15)(H,13,17)(H,18,19). The van der Waals surface area contributed by atoms with Gasteiger partial charge in [-0.05, 0) is 0 Å². The minimum Gasteiger partial charge on any atom is -0.476 e. The van der Waals surface area contributed by atoms with Gasteiger partial charge >= 0.3 is 5.97 Å². The van der Waals surface area contributed by atoms with E-state index in [2.05, 4.69) is 15.3 Å². The highest BCUT2D eigenvalue weighted by atomic mass is 32.1. The second kappa shape index (κ2) is 6.15. The summed E-state index contributed by atoms with van der Waals surface area (Å²) in [4.78, 5) is 30.0. The lowest BCUT2D eigenvalue weighted by Crippen LogP contribution is -2.28. The maximum Gasteiger partial charge on any atom is 0.356 e. The number of rotatable bonds is 6. The topological polar surface area (TPSA) is 123 Å². The molecule has 0 saturated carbocycles. The van der Waals surface area contributed by atoms with E-state index in [1.54, 1.807) is 9.95 Å². The number of anilines is 1. The minimum absolute atomic E-state index is 0.0192. The van der Waals surface area contributed by atoms with Gasteiger partial charge in [-0.2, -0.15) is 0 Å². The number of carbonyl (C=O) groups is 2. The number of nitrogens with zero attached hydrogens (tertiary/aromatic N) is 3. The van der Waals surface area contributed by atoms with Crippen molar-refractivity contribution in [1.82, 2.24) is 19.9 Å². The molecule has 106 valence electrons. The molecular weight excluding hydrogens is 282 g/mol. The molecule has 0 aliphatic rings. The van der Waals surface area contributed by atoms with Crippen LogP contribution in [0.15, 0.2) is 17.9 Å². The summed E-state index contributed by atoms with van der Waals surface area (Å²) in [6.45, 7) is 0.832. The summed E-state index contributed by atoms with van der Waals surface area (Å²) in [5.41, 5.74) is 6.10. The van der Waals surface area contributed by atoms with E-state index in [1.165, 1.54) is 23.9 Å². The molecule has 0 fully saturated rings. The van der Waals surface area contributed by atoms with Crippen LogP contribution in [-0.4, -0.2) is 38.1 Å². The highest BCUT2D eigenvalue weighted by Gasteiger charge is 2.08. The number of amides is 1. The lowest BCUT2D eigenvalue weighted by atomic mass is 10.3. The number of imidazole rings is 1. The highest BCUT2D eigenvalue weighted by Crippen LogP contribution is 2.11. The van der Waals surface area contributed by atoms with Crippen LogP contribution >= 0.6 is 11.3 Å².